The van der Waals surface area contributed by atoms with Crippen molar-refractivity contribution in [2.45, 2.75) is 6.54 Å². The SMILES string of the molecule is [2H]C1([2H])N=C(N[N+](=O)[O-])N(Cc2cnc(Cl)c(O)c2)C1([2H])[2H]. The molecule has 0 radical (unpaired) electrons. The number of rotatable bonds is 3. The van der Waals surface area contributed by atoms with E-state index in [9.17, 15) is 15.2 Å². The summed E-state index contributed by atoms with van der Waals surface area (Å²) in [6.45, 7) is -5.64. The molecule has 0 unspecified atom stereocenters. The van der Waals surface area contributed by atoms with Gasteiger partial charge in [-0.3, -0.25) is 0 Å². The minimum atomic E-state index is -2.69. The van der Waals surface area contributed by atoms with Crippen LogP contribution in [0.2, 0.25) is 5.15 Å². The Labute approximate surface area is 113 Å². The predicted molar refractivity (Wildman–Crippen MR) is 63.8 cm³/mol. The molecule has 2 heterocycles. The molecule has 0 bridgehead atoms. The molecule has 0 spiro atoms. The number of hydrogen-bond acceptors (Lipinski definition) is 6. The van der Waals surface area contributed by atoms with Crippen LogP contribution in [0.15, 0.2) is 17.3 Å². The minimum Gasteiger partial charge on any atom is -0.505 e. The minimum absolute atomic E-state index is 0.152. The van der Waals surface area contributed by atoms with Gasteiger partial charge in [0.1, 0.15) is 0 Å². The number of aliphatic imine (C=N–C) groups is 1. The maximum atomic E-state index is 10.5. The van der Waals surface area contributed by atoms with Gasteiger partial charge >= 0.3 is 0 Å². The van der Waals surface area contributed by atoms with Crippen LogP contribution in [0.1, 0.15) is 11.0 Å². The Morgan fingerprint density at radius 2 is 2.56 bits per heavy atom. The zero-order valence-electron chi connectivity index (χ0n) is 12.8. The molecule has 1 aliphatic rings. The number of nitro groups is 1. The molecule has 8 nitrogen and oxygen atoms in total. The number of aromatic hydroxyl groups is 1. The highest BCUT2D eigenvalue weighted by atomic mass is 35.5. The van der Waals surface area contributed by atoms with E-state index in [2.05, 4.69) is 9.98 Å². The smallest absolute Gasteiger partial charge is 0.257 e. The van der Waals surface area contributed by atoms with Crippen LogP contribution in [0.25, 0.3) is 0 Å². The molecule has 0 amide bonds. The molecule has 0 fully saturated rings. The van der Waals surface area contributed by atoms with Crippen LogP contribution in [0.4, 0.5) is 0 Å². The van der Waals surface area contributed by atoms with Gasteiger partial charge in [0.25, 0.3) is 5.96 Å². The second-order valence-corrected chi connectivity index (χ2v) is 3.63. The quantitative estimate of drug-likeness (QED) is 0.470. The number of aromatic nitrogens is 1. The van der Waals surface area contributed by atoms with Gasteiger partial charge < -0.3 is 10.0 Å². The lowest BCUT2D eigenvalue weighted by atomic mass is 10.2. The lowest BCUT2D eigenvalue weighted by Crippen LogP contribution is -2.40. The van der Waals surface area contributed by atoms with E-state index < -0.39 is 24.0 Å². The van der Waals surface area contributed by atoms with Crippen molar-refractivity contribution in [3.8, 4) is 5.75 Å². The molecule has 96 valence electrons. The van der Waals surface area contributed by atoms with Gasteiger partial charge in [-0.2, -0.15) is 0 Å². The highest BCUT2D eigenvalue weighted by Gasteiger charge is 2.21. The molecule has 1 aromatic heterocycles. The van der Waals surface area contributed by atoms with Gasteiger partial charge in [-0.15, -0.1) is 0 Å². The van der Waals surface area contributed by atoms with Gasteiger partial charge in [-0.05, 0) is 11.6 Å². The first-order valence-corrected chi connectivity index (χ1v) is 5.04. The third-order valence-corrected chi connectivity index (χ3v) is 2.30. The molecule has 0 saturated heterocycles. The van der Waals surface area contributed by atoms with Crippen molar-refractivity contribution in [3.63, 3.8) is 0 Å². The number of pyridine rings is 1. The Balaban J connectivity index is 2.35. The lowest BCUT2D eigenvalue weighted by molar-refractivity contribution is -0.526. The van der Waals surface area contributed by atoms with E-state index in [0.29, 0.717) is 0 Å². The zero-order valence-corrected chi connectivity index (χ0v) is 9.55. The van der Waals surface area contributed by atoms with E-state index in [1.54, 1.807) is 5.43 Å². The third kappa shape index (κ3) is 2.77. The van der Waals surface area contributed by atoms with Gasteiger partial charge in [-0.1, -0.05) is 17.0 Å². The summed E-state index contributed by atoms with van der Waals surface area (Å²) >= 11 is 5.56. The summed E-state index contributed by atoms with van der Waals surface area (Å²) in [5, 5.41) is 18.9. The Bertz CT molecular complexity index is 656. The monoisotopic (exact) mass is 275 g/mol. The normalized spacial score (nSPS) is 23.4. The molecule has 2 N–H and O–H groups in total. The van der Waals surface area contributed by atoms with Crippen LogP contribution in [0, 0.1) is 10.1 Å². The van der Waals surface area contributed by atoms with Gasteiger partial charge in [0.05, 0.1) is 12.0 Å². The average Bonchev–Trinajstić information content (AvgIpc) is 2.52. The van der Waals surface area contributed by atoms with E-state index in [4.69, 9.17) is 17.1 Å². The second kappa shape index (κ2) is 5.05. The van der Waals surface area contributed by atoms with Gasteiger partial charge in [0.2, 0.25) is 0 Å². The first kappa shape index (κ1) is 8.09. The highest BCUT2D eigenvalue weighted by molar-refractivity contribution is 6.30. The zero-order chi connectivity index (χ0) is 16.7. The summed E-state index contributed by atoms with van der Waals surface area (Å²) in [5.74, 6) is -0.919. The van der Waals surface area contributed by atoms with Crippen molar-refractivity contribution < 1.29 is 15.6 Å². The van der Waals surface area contributed by atoms with Crippen molar-refractivity contribution in [2.24, 2.45) is 4.99 Å². The number of halogens is 1. The Morgan fingerprint density at radius 1 is 1.78 bits per heavy atom. The molecule has 2 rings (SSSR count). The Kier molecular flexibility index (Phi) is 2.27. The molecular weight excluding hydrogens is 262 g/mol. The topological polar surface area (TPSA) is 104 Å². The van der Waals surface area contributed by atoms with Crippen LogP contribution in [0.3, 0.4) is 0 Å². The van der Waals surface area contributed by atoms with E-state index in [1.807, 2.05) is 0 Å². The summed E-state index contributed by atoms with van der Waals surface area (Å²) in [5.41, 5.74) is 1.92. The maximum Gasteiger partial charge on any atom is 0.257 e. The Hall–Kier alpha value is -2.09. The molecule has 0 aliphatic carbocycles. The summed E-state index contributed by atoms with van der Waals surface area (Å²) in [6.07, 6.45) is 1.23. The fraction of sp³-hybridized carbons (Fsp3) is 0.333. The fourth-order valence-electron chi connectivity index (χ4n) is 1.28. The first-order chi connectivity index (χ1) is 10.0. The average molecular weight is 276 g/mol. The maximum absolute atomic E-state index is 10.5. The summed E-state index contributed by atoms with van der Waals surface area (Å²) < 4.78 is 30.7. The molecule has 18 heavy (non-hydrogen) atoms. The van der Waals surface area contributed by atoms with E-state index >= 15 is 0 Å². The molecular formula is C9H10ClN5O3. The number of guanidine groups is 1. The van der Waals surface area contributed by atoms with Gasteiger partial charge in [-0.25, -0.2) is 20.1 Å². The molecule has 1 aliphatic heterocycles. The lowest BCUT2D eigenvalue weighted by Gasteiger charge is -2.17. The van der Waals surface area contributed by atoms with Crippen molar-refractivity contribution in [2.75, 3.05) is 13.0 Å². The number of hydrogen-bond donors (Lipinski definition) is 2. The standard InChI is InChI=1S/C9H10ClN5O3/c10-8-7(16)3-6(4-12-8)5-14-2-1-11-9(14)13-15(17)18/h3-4,16H,1-2,5H2,(H,11,13)/i1D2,2D2. The Morgan fingerprint density at radius 3 is 3.22 bits per heavy atom. The third-order valence-electron chi connectivity index (χ3n) is 2.01. The van der Waals surface area contributed by atoms with Crippen LogP contribution in [-0.2, 0) is 6.54 Å². The van der Waals surface area contributed by atoms with Gasteiger partial charge in [0, 0.05) is 19.2 Å². The van der Waals surface area contributed by atoms with Crippen LogP contribution in [-0.4, -0.2) is 39.0 Å². The molecule has 0 saturated carbocycles. The van der Waals surface area contributed by atoms with Crippen molar-refractivity contribution in [1.82, 2.24) is 15.3 Å². The summed E-state index contributed by atoms with van der Waals surface area (Å²) in [7, 11) is 0. The van der Waals surface area contributed by atoms with Crippen LogP contribution in [0.5, 0.6) is 5.75 Å². The first-order valence-electron chi connectivity index (χ1n) is 6.66. The highest BCUT2D eigenvalue weighted by Crippen LogP contribution is 2.21. The van der Waals surface area contributed by atoms with E-state index in [-0.39, 0.29) is 23.0 Å². The molecule has 1 aromatic rings. The van der Waals surface area contributed by atoms with E-state index in [1.165, 1.54) is 12.3 Å². The molecule has 9 heteroatoms. The summed E-state index contributed by atoms with van der Waals surface area (Å²) in [4.78, 5) is 18.3. The van der Waals surface area contributed by atoms with Crippen LogP contribution >= 0.6 is 11.6 Å². The number of nitrogens with zero attached hydrogens (tertiary/aromatic N) is 4. The largest absolute Gasteiger partial charge is 0.505 e. The summed E-state index contributed by atoms with van der Waals surface area (Å²) in [6, 6.07) is 1.20. The number of nitrogens with one attached hydrogen (secondary N) is 1. The fourth-order valence-corrected chi connectivity index (χ4v) is 1.38. The van der Waals surface area contributed by atoms with Crippen LogP contribution < -0.4 is 5.43 Å². The second-order valence-electron chi connectivity index (χ2n) is 3.27. The van der Waals surface area contributed by atoms with Crippen molar-refractivity contribution in [3.05, 3.63) is 33.1 Å². The van der Waals surface area contributed by atoms with Crippen molar-refractivity contribution in [1.29, 1.82) is 0 Å². The van der Waals surface area contributed by atoms with E-state index in [0.717, 1.165) is 4.90 Å². The van der Waals surface area contributed by atoms with Crippen molar-refractivity contribution >= 4 is 17.6 Å². The molecule has 0 aromatic carbocycles. The molecule has 0 atom stereocenters. The number of hydrazine groups is 1. The predicted octanol–water partition coefficient (Wildman–Crippen LogP) is 0.393. The van der Waals surface area contributed by atoms with Gasteiger partial charge in [0.15, 0.2) is 15.9 Å².